The molecule has 172 valence electrons. The molecular formula is C28H26ClN3O2. The van der Waals surface area contributed by atoms with Crippen molar-refractivity contribution in [3.8, 4) is 5.69 Å². The van der Waals surface area contributed by atoms with Crippen molar-refractivity contribution in [1.82, 2.24) is 14.5 Å². The fourth-order valence-electron chi connectivity index (χ4n) is 4.14. The van der Waals surface area contributed by atoms with Crippen molar-refractivity contribution in [2.24, 2.45) is 0 Å². The molecule has 0 bridgehead atoms. The van der Waals surface area contributed by atoms with Gasteiger partial charge in [0.2, 0.25) is 5.91 Å². The van der Waals surface area contributed by atoms with Gasteiger partial charge in [-0.25, -0.2) is 4.98 Å². The van der Waals surface area contributed by atoms with Gasteiger partial charge in [-0.2, -0.15) is 0 Å². The van der Waals surface area contributed by atoms with Gasteiger partial charge >= 0.3 is 0 Å². The molecule has 4 rings (SSSR count). The lowest BCUT2D eigenvalue weighted by atomic mass is 10.1. The minimum atomic E-state index is -0.408. The van der Waals surface area contributed by atoms with Crippen LogP contribution in [0.15, 0.2) is 89.7 Å². The normalized spacial score (nSPS) is 12.2. The zero-order valence-electron chi connectivity index (χ0n) is 19.2. The van der Waals surface area contributed by atoms with Gasteiger partial charge in [0.15, 0.2) is 0 Å². The summed E-state index contributed by atoms with van der Waals surface area (Å²) >= 11 is 6.26. The highest BCUT2D eigenvalue weighted by molar-refractivity contribution is 6.30. The first-order valence-electron chi connectivity index (χ1n) is 11.3. The average Bonchev–Trinajstić information content (AvgIpc) is 2.86. The summed E-state index contributed by atoms with van der Waals surface area (Å²) in [6, 6.07) is 23.7. The highest BCUT2D eigenvalue weighted by Gasteiger charge is 2.27. The second-order valence-corrected chi connectivity index (χ2v) is 8.34. The number of rotatable bonds is 7. The number of hydrogen-bond donors (Lipinski definition) is 0. The highest BCUT2D eigenvalue weighted by atomic mass is 35.5. The molecule has 1 aromatic heterocycles. The lowest BCUT2D eigenvalue weighted by Crippen LogP contribution is -2.37. The van der Waals surface area contributed by atoms with Gasteiger partial charge in [0.05, 0.1) is 22.6 Å². The first-order valence-corrected chi connectivity index (χ1v) is 11.7. The summed E-state index contributed by atoms with van der Waals surface area (Å²) in [6.07, 6.45) is 3.96. The largest absolute Gasteiger partial charge is 0.329 e. The molecule has 5 nitrogen and oxygen atoms in total. The monoisotopic (exact) mass is 471 g/mol. The van der Waals surface area contributed by atoms with Crippen LogP contribution in [0.2, 0.25) is 5.02 Å². The summed E-state index contributed by atoms with van der Waals surface area (Å²) in [4.78, 5) is 33.5. The van der Waals surface area contributed by atoms with Crippen LogP contribution in [0.4, 0.5) is 0 Å². The molecule has 4 aromatic rings. The predicted octanol–water partition coefficient (Wildman–Crippen LogP) is 6.05. The van der Waals surface area contributed by atoms with Crippen molar-refractivity contribution >= 4 is 34.5 Å². The summed E-state index contributed by atoms with van der Waals surface area (Å²) in [6.45, 7) is 4.39. The van der Waals surface area contributed by atoms with E-state index in [0.29, 0.717) is 40.4 Å². The van der Waals surface area contributed by atoms with Crippen molar-refractivity contribution in [2.75, 3.05) is 6.54 Å². The van der Waals surface area contributed by atoms with Gasteiger partial charge < -0.3 is 4.90 Å². The smallest absolute Gasteiger partial charge is 0.266 e. The molecule has 6 heteroatoms. The van der Waals surface area contributed by atoms with Crippen molar-refractivity contribution < 1.29 is 4.79 Å². The van der Waals surface area contributed by atoms with Gasteiger partial charge in [0.25, 0.3) is 5.56 Å². The van der Waals surface area contributed by atoms with E-state index in [1.54, 1.807) is 45.9 Å². The van der Waals surface area contributed by atoms with Crippen molar-refractivity contribution in [1.29, 1.82) is 0 Å². The van der Waals surface area contributed by atoms with E-state index in [9.17, 15) is 9.59 Å². The number of likely N-dealkylation sites (N-methyl/N-ethyl adjacent to an activating group) is 1. The molecule has 0 aliphatic rings. The third kappa shape index (κ3) is 4.80. The highest BCUT2D eigenvalue weighted by Crippen LogP contribution is 2.27. The summed E-state index contributed by atoms with van der Waals surface area (Å²) < 4.78 is 1.58. The fraction of sp³-hybridized carbons (Fsp3) is 0.179. The number of halogens is 1. The van der Waals surface area contributed by atoms with E-state index in [4.69, 9.17) is 16.6 Å². The third-order valence-electron chi connectivity index (χ3n) is 5.77. The maximum absolute atomic E-state index is 13.6. The number of benzene rings is 3. The molecule has 1 heterocycles. The summed E-state index contributed by atoms with van der Waals surface area (Å²) in [5, 5.41) is 1.03. The molecule has 0 N–H and O–H groups in total. The first-order chi connectivity index (χ1) is 16.5. The molecular weight excluding hydrogens is 446 g/mol. The lowest BCUT2D eigenvalue weighted by Gasteiger charge is -2.30. The van der Waals surface area contributed by atoms with Gasteiger partial charge in [-0.1, -0.05) is 67.1 Å². The third-order valence-corrected chi connectivity index (χ3v) is 6.01. The Morgan fingerprint density at radius 2 is 1.76 bits per heavy atom. The number of nitrogens with zero attached hydrogens (tertiary/aromatic N) is 3. The molecule has 0 radical (unpaired) electrons. The Bertz CT molecular complexity index is 1400. The number of hydrogen-bond acceptors (Lipinski definition) is 3. The van der Waals surface area contributed by atoms with Gasteiger partial charge in [-0.3, -0.25) is 14.2 Å². The van der Waals surface area contributed by atoms with Gasteiger partial charge in [0, 0.05) is 17.6 Å². The SMILES string of the molecule is CCC(c1nc2ccccc2c(=O)n1-c1cccc(Cl)c1)N(CC)C(=O)/C=C/c1ccccc1. The maximum Gasteiger partial charge on any atom is 0.266 e. The molecule has 3 aromatic carbocycles. The molecule has 1 unspecified atom stereocenters. The zero-order chi connectivity index (χ0) is 24.1. The van der Waals surface area contributed by atoms with Crippen LogP contribution in [-0.4, -0.2) is 26.9 Å². The summed E-state index contributed by atoms with van der Waals surface area (Å²) in [5.74, 6) is 0.370. The van der Waals surface area contributed by atoms with E-state index in [0.717, 1.165) is 5.56 Å². The number of carbonyl (C=O) groups is 1. The predicted molar refractivity (Wildman–Crippen MR) is 138 cm³/mol. The van der Waals surface area contributed by atoms with Gasteiger partial charge in [-0.15, -0.1) is 0 Å². The molecule has 0 saturated heterocycles. The maximum atomic E-state index is 13.6. The van der Waals surface area contributed by atoms with E-state index < -0.39 is 6.04 Å². The van der Waals surface area contributed by atoms with Crippen molar-refractivity contribution in [3.05, 3.63) is 112 Å². The van der Waals surface area contributed by atoms with E-state index >= 15 is 0 Å². The van der Waals surface area contributed by atoms with Crippen LogP contribution < -0.4 is 5.56 Å². The Morgan fingerprint density at radius 1 is 1.03 bits per heavy atom. The Balaban J connectivity index is 1.85. The van der Waals surface area contributed by atoms with Crippen molar-refractivity contribution in [3.63, 3.8) is 0 Å². The molecule has 0 fully saturated rings. The molecule has 1 amide bonds. The van der Waals surface area contributed by atoms with E-state index in [2.05, 4.69) is 0 Å². The quantitative estimate of drug-likeness (QED) is 0.308. The van der Waals surface area contributed by atoms with Crippen LogP contribution >= 0.6 is 11.6 Å². The Hall–Kier alpha value is -3.70. The number of amides is 1. The molecule has 1 atom stereocenters. The minimum Gasteiger partial charge on any atom is -0.329 e. The molecule has 0 spiro atoms. The van der Waals surface area contributed by atoms with Crippen molar-refractivity contribution in [2.45, 2.75) is 26.3 Å². The number of carbonyl (C=O) groups excluding carboxylic acids is 1. The van der Waals surface area contributed by atoms with Gasteiger partial charge in [-0.05, 0) is 55.3 Å². The average molecular weight is 472 g/mol. The van der Waals surface area contributed by atoms with Crippen LogP contribution in [0.3, 0.4) is 0 Å². The van der Waals surface area contributed by atoms with Crippen LogP contribution in [0.5, 0.6) is 0 Å². The first kappa shape index (κ1) is 23.5. The number of aromatic nitrogens is 2. The van der Waals surface area contributed by atoms with E-state index in [1.807, 2.05) is 68.4 Å². The van der Waals surface area contributed by atoms with Gasteiger partial charge in [0.1, 0.15) is 5.82 Å². The van der Waals surface area contributed by atoms with E-state index in [1.165, 1.54) is 0 Å². The van der Waals surface area contributed by atoms with Crippen LogP contribution in [-0.2, 0) is 4.79 Å². The minimum absolute atomic E-state index is 0.141. The Kier molecular flexibility index (Phi) is 7.24. The summed E-state index contributed by atoms with van der Waals surface area (Å²) in [7, 11) is 0. The molecule has 34 heavy (non-hydrogen) atoms. The second-order valence-electron chi connectivity index (χ2n) is 7.90. The molecule has 0 saturated carbocycles. The van der Waals surface area contributed by atoms with Crippen LogP contribution in [0.25, 0.3) is 22.7 Å². The summed E-state index contributed by atoms with van der Waals surface area (Å²) in [5.41, 5.74) is 1.97. The topological polar surface area (TPSA) is 55.2 Å². The lowest BCUT2D eigenvalue weighted by molar-refractivity contribution is -0.128. The fourth-order valence-corrected chi connectivity index (χ4v) is 4.32. The number of fused-ring (bicyclic) bond motifs is 1. The van der Waals surface area contributed by atoms with E-state index in [-0.39, 0.29) is 11.5 Å². The molecule has 0 aliphatic heterocycles. The zero-order valence-corrected chi connectivity index (χ0v) is 19.9. The molecule has 0 aliphatic carbocycles. The Morgan fingerprint density at radius 3 is 2.47 bits per heavy atom. The number of para-hydroxylation sites is 1. The van der Waals surface area contributed by atoms with Crippen LogP contribution in [0.1, 0.15) is 37.7 Å². The Labute approximate surface area is 203 Å². The van der Waals surface area contributed by atoms with Crippen LogP contribution in [0, 0.1) is 0 Å². The standard InChI is InChI=1S/C28H26ClN3O2/c1-3-25(31(4-2)26(33)18-17-20-11-6-5-7-12-20)27-30-24-16-9-8-15-23(24)28(34)32(27)22-14-10-13-21(29)19-22/h5-19,25H,3-4H2,1-2H3/b18-17+. The second kappa shape index (κ2) is 10.5.